The summed E-state index contributed by atoms with van der Waals surface area (Å²) in [5, 5.41) is 3.39. The number of anilines is 1. The first kappa shape index (κ1) is 10.0. The number of amides is 1. The van der Waals surface area contributed by atoms with E-state index in [1.165, 1.54) is 17.4 Å². The maximum absolute atomic E-state index is 11.8. The molecule has 13 heavy (non-hydrogen) atoms. The molecule has 2 nitrogen and oxygen atoms in total. The van der Waals surface area contributed by atoms with Crippen LogP contribution in [0, 0.1) is 6.92 Å². The SMILES string of the molecule is Cc1sccc1NC(=O)C(F)(F)F. The van der Waals surface area contributed by atoms with Crippen LogP contribution in [0.4, 0.5) is 18.9 Å². The lowest BCUT2D eigenvalue weighted by Crippen LogP contribution is -2.29. The van der Waals surface area contributed by atoms with Gasteiger partial charge in [-0.1, -0.05) is 0 Å². The van der Waals surface area contributed by atoms with E-state index in [0.717, 1.165) is 0 Å². The van der Waals surface area contributed by atoms with E-state index < -0.39 is 12.1 Å². The molecular weight excluding hydrogens is 203 g/mol. The van der Waals surface area contributed by atoms with Crippen molar-refractivity contribution in [2.45, 2.75) is 13.1 Å². The quantitative estimate of drug-likeness (QED) is 0.756. The maximum atomic E-state index is 11.8. The van der Waals surface area contributed by atoms with Gasteiger partial charge in [0.25, 0.3) is 0 Å². The molecule has 0 unspecified atom stereocenters. The van der Waals surface area contributed by atoms with Gasteiger partial charge < -0.3 is 5.32 Å². The van der Waals surface area contributed by atoms with Crippen molar-refractivity contribution in [1.82, 2.24) is 0 Å². The topological polar surface area (TPSA) is 29.1 Å². The highest BCUT2D eigenvalue weighted by atomic mass is 32.1. The van der Waals surface area contributed by atoms with Crippen molar-refractivity contribution in [1.29, 1.82) is 0 Å². The van der Waals surface area contributed by atoms with Gasteiger partial charge in [-0.2, -0.15) is 13.2 Å². The zero-order chi connectivity index (χ0) is 10.1. The van der Waals surface area contributed by atoms with Crippen molar-refractivity contribution >= 4 is 22.9 Å². The highest BCUT2D eigenvalue weighted by molar-refractivity contribution is 7.10. The summed E-state index contributed by atoms with van der Waals surface area (Å²) in [6.07, 6.45) is -4.83. The van der Waals surface area contributed by atoms with Crippen molar-refractivity contribution in [3.8, 4) is 0 Å². The Morgan fingerprint density at radius 1 is 1.54 bits per heavy atom. The van der Waals surface area contributed by atoms with Gasteiger partial charge in [-0.25, -0.2) is 0 Å². The Hall–Kier alpha value is -1.04. The Kier molecular flexibility index (Phi) is 2.60. The first-order valence-corrected chi connectivity index (χ1v) is 4.21. The summed E-state index contributed by atoms with van der Waals surface area (Å²) < 4.78 is 35.3. The molecule has 0 aliphatic carbocycles. The molecule has 6 heteroatoms. The second-order valence-electron chi connectivity index (χ2n) is 2.34. The van der Waals surface area contributed by atoms with Crippen molar-refractivity contribution < 1.29 is 18.0 Å². The second-order valence-corrected chi connectivity index (χ2v) is 3.46. The van der Waals surface area contributed by atoms with Crippen LogP contribution in [-0.4, -0.2) is 12.1 Å². The molecule has 1 amide bonds. The van der Waals surface area contributed by atoms with E-state index in [1.807, 2.05) is 0 Å². The summed E-state index contributed by atoms with van der Waals surface area (Å²) >= 11 is 1.27. The molecule has 0 atom stereocenters. The highest BCUT2D eigenvalue weighted by Crippen LogP contribution is 2.23. The van der Waals surface area contributed by atoms with Crippen LogP contribution < -0.4 is 5.32 Å². The molecule has 0 aromatic carbocycles. The first-order valence-electron chi connectivity index (χ1n) is 3.33. The summed E-state index contributed by atoms with van der Waals surface area (Å²) in [5.41, 5.74) is 0.215. The average Bonchev–Trinajstić information content (AvgIpc) is 2.34. The number of carbonyl (C=O) groups excluding carboxylic acids is 1. The van der Waals surface area contributed by atoms with Crippen LogP contribution in [0.2, 0.25) is 0 Å². The third-order valence-electron chi connectivity index (χ3n) is 1.36. The van der Waals surface area contributed by atoms with Gasteiger partial charge in [0.2, 0.25) is 0 Å². The maximum Gasteiger partial charge on any atom is 0.471 e. The Balaban J connectivity index is 2.71. The van der Waals surface area contributed by atoms with E-state index in [9.17, 15) is 18.0 Å². The van der Waals surface area contributed by atoms with Gasteiger partial charge in [0.05, 0.1) is 5.69 Å². The summed E-state index contributed by atoms with van der Waals surface area (Å²) in [6, 6.07) is 1.43. The molecule has 0 radical (unpaired) electrons. The fourth-order valence-corrected chi connectivity index (χ4v) is 1.36. The minimum atomic E-state index is -4.83. The number of carbonyl (C=O) groups is 1. The first-order chi connectivity index (χ1) is 5.91. The summed E-state index contributed by atoms with van der Waals surface area (Å²) in [5.74, 6) is -1.94. The summed E-state index contributed by atoms with van der Waals surface area (Å²) in [7, 11) is 0. The Morgan fingerprint density at radius 3 is 2.54 bits per heavy atom. The molecule has 1 aromatic heterocycles. The molecule has 0 spiro atoms. The third-order valence-corrected chi connectivity index (χ3v) is 2.21. The normalized spacial score (nSPS) is 11.4. The molecule has 1 aromatic rings. The molecule has 1 rings (SSSR count). The van der Waals surface area contributed by atoms with Crippen molar-refractivity contribution in [3.05, 3.63) is 16.3 Å². The molecule has 0 saturated heterocycles. The predicted octanol–water partition coefficient (Wildman–Crippen LogP) is 2.56. The zero-order valence-electron chi connectivity index (χ0n) is 6.61. The lowest BCUT2D eigenvalue weighted by atomic mass is 10.4. The standard InChI is InChI=1S/C7H6F3NOS/c1-4-5(2-3-13-4)11-6(12)7(8,9)10/h2-3H,1H3,(H,11,12). The van der Waals surface area contributed by atoms with Gasteiger partial charge in [0, 0.05) is 4.88 Å². The van der Waals surface area contributed by atoms with Crippen LogP contribution in [0.15, 0.2) is 11.4 Å². The smallest absolute Gasteiger partial charge is 0.317 e. The van der Waals surface area contributed by atoms with Gasteiger partial charge >= 0.3 is 12.1 Å². The summed E-state index contributed by atoms with van der Waals surface area (Å²) in [4.78, 5) is 11.1. The van der Waals surface area contributed by atoms with Crippen molar-refractivity contribution in [2.75, 3.05) is 5.32 Å². The minimum absolute atomic E-state index is 0.215. The van der Waals surface area contributed by atoms with Crippen molar-refractivity contribution in [2.24, 2.45) is 0 Å². The van der Waals surface area contributed by atoms with Crippen LogP contribution in [0.3, 0.4) is 0 Å². The van der Waals surface area contributed by atoms with Gasteiger partial charge in [-0.3, -0.25) is 4.79 Å². The Morgan fingerprint density at radius 2 is 2.15 bits per heavy atom. The Bertz CT molecular complexity index is 318. The van der Waals surface area contributed by atoms with E-state index >= 15 is 0 Å². The fraction of sp³-hybridized carbons (Fsp3) is 0.286. The van der Waals surface area contributed by atoms with Crippen LogP contribution in [0.1, 0.15) is 4.88 Å². The highest BCUT2D eigenvalue weighted by Gasteiger charge is 2.38. The van der Waals surface area contributed by atoms with Crippen LogP contribution in [-0.2, 0) is 4.79 Å². The number of rotatable bonds is 1. The van der Waals surface area contributed by atoms with Crippen LogP contribution in [0.5, 0.6) is 0 Å². The summed E-state index contributed by atoms with van der Waals surface area (Å²) in [6.45, 7) is 1.64. The lowest BCUT2D eigenvalue weighted by molar-refractivity contribution is -0.167. The van der Waals surface area contributed by atoms with Crippen molar-refractivity contribution in [3.63, 3.8) is 0 Å². The van der Waals surface area contributed by atoms with Crippen LogP contribution in [0.25, 0.3) is 0 Å². The van der Waals surface area contributed by atoms with Gasteiger partial charge in [0.1, 0.15) is 0 Å². The number of alkyl halides is 3. The van der Waals surface area contributed by atoms with E-state index in [0.29, 0.717) is 4.88 Å². The predicted molar refractivity (Wildman–Crippen MR) is 43.7 cm³/mol. The number of nitrogens with one attached hydrogen (secondary N) is 1. The molecule has 0 aliphatic heterocycles. The van der Waals surface area contributed by atoms with E-state index in [4.69, 9.17) is 0 Å². The van der Waals surface area contributed by atoms with Crippen LogP contribution >= 0.6 is 11.3 Å². The molecule has 1 heterocycles. The number of hydrogen-bond acceptors (Lipinski definition) is 2. The average molecular weight is 209 g/mol. The van der Waals surface area contributed by atoms with Gasteiger partial charge in [0.15, 0.2) is 0 Å². The third kappa shape index (κ3) is 2.45. The molecule has 0 fully saturated rings. The van der Waals surface area contributed by atoms with Gasteiger partial charge in [-0.05, 0) is 18.4 Å². The number of halogens is 3. The van der Waals surface area contributed by atoms with E-state index in [2.05, 4.69) is 0 Å². The largest absolute Gasteiger partial charge is 0.471 e. The molecule has 0 aliphatic rings. The fourth-order valence-electron chi connectivity index (χ4n) is 0.708. The van der Waals surface area contributed by atoms with E-state index in [1.54, 1.807) is 17.6 Å². The molecule has 0 saturated carbocycles. The van der Waals surface area contributed by atoms with E-state index in [-0.39, 0.29) is 5.69 Å². The number of aryl methyl sites for hydroxylation is 1. The number of thiophene rings is 1. The second kappa shape index (κ2) is 3.37. The van der Waals surface area contributed by atoms with Gasteiger partial charge in [-0.15, -0.1) is 11.3 Å². The lowest BCUT2D eigenvalue weighted by Gasteiger charge is -2.06. The molecule has 72 valence electrons. The minimum Gasteiger partial charge on any atom is -0.317 e. The number of hydrogen-bond donors (Lipinski definition) is 1. The molecular formula is C7H6F3NOS. The zero-order valence-corrected chi connectivity index (χ0v) is 7.42. The molecule has 1 N–H and O–H groups in total. The Labute approximate surface area is 76.4 Å². The molecule has 0 bridgehead atoms. The monoisotopic (exact) mass is 209 g/mol.